The summed E-state index contributed by atoms with van der Waals surface area (Å²) in [5.74, 6) is 0. The van der Waals surface area contributed by atoms with E-state index in [1.54, 1.807) is 26.3 Å². The molecule has 1 atom stereocenters. The van der Waals surface area contributed by atoms with Gasteiger partial charge < -0.3 is 10.2 Å². The van der Waals surface area contributed by atoms with Crippen LogP contribution in [0.15, 0.2) is 29.3 Å². The van der Waals surface area contributed by atoms with Crippen molar-refractivity contribution < 1.29 is 0 Å². The van der Waals surface area contributed by atoms with E-state index < -0.39 is 0 Å². The Morgan fingerprint density at radius 3 is 2.86 bits per heavy atom. The van der Waals surface area contributed by atoms with Gasteiger partial charge in [0.05, 0.1) is 17.6 Å². The molecule has 1 aliphatic rings. The van der Waals surface area contributed by atoms with E-state index in [9.17, 15) is 4.79 Å². The molecule has 9 heteroatoms. The molecule has 0 aromatic carbocycles. The second-order valence-corrected chi connectivity index (χ2v) is 8.35. The summed E-state index contributed by atoms with van der Waals surface area (Å²) in [7, 11) is 0. The molecule has 1 N–H and O–H groups in total. The zero-order valence-electron chi connectivity index (χ0n) is 16.0. The number of piperazine rings is 1. The molecule has 0 radical (unpaired) electrons. The Kier molecular flexibility index (Phi) is 3.95. The van der Waals surface area contributed by atoms with Gasteiger partial charge in [-0.1, -0.05) is 11.3 Å². The number of fused-ring (bicyclic) bond motifs is 2. The molecule has 0 unspecified atom stereocenters. The van der Waals surface area contributed by atoms with Gasteiger partial charge in [-0.3, -0.25) is 9.20 Å². The minimum absolute atomic E-state index is 0.0907. The predicted molar refractivity (Wildman–Crippen MR) is 110 cm³/mol. The van der Waals surface area contributed by atoms with Crippen LogP contribution in [0.4, 0.5) is 5.00 Å². The summed E-state index contributed by atoms with van der Waals surface area (Å²) in [5.41, 5.74) is 3.90. The van der Waals surface area contributed by atoms with Gasteiger partial charge in [0.15, 0.2) is 10.6 Å². The number of imidazole rings is 1. The number of anilines is 1. The molecule has 0 saturated carbocycles. The molecule has 4 aromatic rings. The van der Waals surface area contributed by atoms with Crippen LogP contribution in [0.3, 0.4) is 0 Å². The van der Waals surface area contributed by atoms with Gasteiger partial charge in [0.2, 0.25) is 0 Å². The summed E-state index contributed by atoms with van der Waals surface area (Å²) in [6.07, 6.45) is 3.78. The van der Waals surface area contributed by atoms with Crippen LogP contribution in [-0.4, -0.2) is 49.7 Å². The van der Waals surface area contributed by atoms with Crippen LogP contribution < -0.4 is 15.8 Å². The van der Waals surface area contributed by atoms with Gasteiger partial charge >= 0.3 is 0 Å². The monoisotopic (exact) mass is 395 g/mol. The molecule has 0 aliphatic carbocycles. The SMILES string of the molecule is Cc1cn2nc(-c3cc(=O)n4cc(N5CCN[C@@H](C)C5)sc4n3)cc(C)c2n1. The number of aryl methyl sites for hydroxylation is 2. The van der Waals surface area contributed by atoms with Gasteiger partial charge in [0.1, 0.15) is 10.7 Å². The fraction of sp³-hybridized carbons (Fsp3) is 0.368. The second-order valence-electron chi connectivity index (χ2n) is 7.37. The molecule has 144 valence electrons. The Labute approximate surface area is 165 Å². The smallest absolute Gasteiger partial charge is 0.259 e. The largest absolute Gasteiger partial charge is 0.359 e. The highest BCUT2D eigenvalue weighted by atomic mass is 32.1. The van der Waals surface area contributed by atoms with Gasteiger partial charge in [-0.2, -0.15) is 5.10 Å². The molecule has 28 heavy (non-hydrogen) atoms. The van der Waals surface area contributed by atoms with Crippen molar-refractivity contribution in [1.82, 2.24) is 29.3 Å². The maximum atomic E-state index is 12.7. The number of hydrogen-bond donors (Lipinski definition) is 1. The van der Waals surface area contributed by atoms with Crippen LogP contribution >= 0.6 is 11.3 Å². The first-order valence-corrected chi connectivity index (χ1v) is 10.2. The third kappa shape index (κ3) is 2.87. The van der Waals surface area contributed by atoms with Crippen molar-refractivity contribution in [2.45, 2.75) is 26.8 Å². The standard InChI is InChI=1S/C19H21N7OS/c1-11-6-15(23-26-9-13(3)21-18(11)26)14-7-16(27)25-10-17(28-19(25)22-14)24-5-4-20-12(2)8-24/h6-7,9-10,12,20H,4-5,8H2,1-3H3/t12-/m0/s1. The minimum Gasteiger partial charge on any atom is -0.359 e. The summed E-state index contributed by atoms with van der Waals surface area (Å²) in [6.45, 7) is 8.89. The first-order valence-electron chi connectivity index (χ1n) is 9.33. The van der Waals surface area contributed by atoms with Crippen molar-refractivity contribution in [3.05, 3.63) is 46.1 Å². The Morgan fingerprint density at radius 1 is 1.18 bits per heavy atom. The van der Waals surface area contributed by atoms with Crippen LogP contribution in [0.1, 0.15) is 18.2 Å². The molecule has 0 amide bonds. The molecule has 1 fully saturated rings. The highest BCUT2D eigenvalue weighted by Crippen LogP contribution is 2.27. The number of aromatic nitrogens is 5. The predicted octanol–water partition coefficient (Wildman–Crippen LogP) is 1.88. The normalized spacial score (nSPS) is 17.7. The molecule has 1 aliphatic heterocycles. The summed E-state index contributed by atoms with van der Waals surface area (Å²) in [5, 5.41) is 9.12. The van der Waals surface area contributed by atoms with Gasteiger partial charge in [0.25, 0.3) is 5.56 Å². The van der Waals surface area contributed by atoms with Crippen LogP contribution in [-0.2, 0) is 0 Å². The van der Waals surface area contributed by atoms with E-state index in [1.165, 1.54) is 0 Å². The van der Waals surface area contributed by atoms with Gasteiger partial charge in [0, 0.05) is 37.9 Å². The lowest BCUT2D eigenvalue weighted by Crippen LogP contribution is -2.49. The fourth-order valence-corrected chi connectivity index (χ4v) is 4.70. The van der Waals surface area contributed by atoms with Crippen molar-refractivity contribution in [2.24, 2.45) is 0 Å². The average Bonchev–Trinajstić information content (AvgIpc) is 3.25. The first kappa shape index (κ1) is 17.3. The number of nitrogens with zero attached hydrogens (tertiary/aromatic N) is 6. The third-order valence-corrected chi connectivity index (χ3v) is 6.07. The molecule has 8 nitrogen and oxygen atoms in total. The number of thiazole rings is 1. The van der Waals surface area contributed by atoms with E-state index in [1.807, 2.05) is 32.3 Å². The van der Waals surface area contributed by atoms with E-state index in [2.05, 4.69) is 27.2 Å². The van der Waals surface area contributed by atoms with E-state index >= 15 is 0 Å². The third-order valence-electron chi connectivity index (χ3n) is 5.03. The number of rotatable bonds is 2. The lowest BCUT2D eigenvalue weighted by molar-refractivity contribution is 0.486. The summed E-state index contributed by atoms with van der Waals surface area (Å²) in [4.78, 5) is 25.0. The average molecular weight is 395 g/mol. The second kappa shape index (κ2) is 6.39. The molecule has 0 spiro atoms. The molecular formula is C19H21N7OS. The fourth-order valence-electron chi connectivity index (χ4n) is 3.67. The highest BCUT2D eigenvalue weighted by molar-refractivity contribution is 7.20. The zero-order chi connectivity index (χ0) is 19.4. The van der Waals surface area contributed by atoms with Crippen LogP contribution in [0, 0.1) is 13.8 Å². The van der Waals surface area contributed by atoms with Crippen LogP contribution in [0.2, 0.25) is 0 Å². The summed E-state index contributed by atoms with van der Waals surface area (Å²) >= 11 is 1.54. The Bertz CT molecular complexity index is 1250. The van der Waals surface area contributed by atoms with E-state index in [0.717, 1.165) is 41.5 Å². The molecule has 1 saturated heterocycles. The molecular weight excluding hydrogens is 374 g/mol. The number of nitrogens with one attached hydrogen (secondary N) is 1. The van der Waals surface area contributed by atoms with E-state index in [4.69, 9.17) is 4.98 Å². The zero-order valence-corrected chi connectivity index (χ0v) is 16.8. The summed E-state index contributed by atoms with van der Waals surface area (Å²) in [6, 6.07) is 3.92. The van der Waals surface area contributed by atoms with Crippen molar-refractivity contribution in [3.63, 3.8) is 0 Å². The maximum absolute atomic E-state index is 12.7. The van der Waals surface area contributed by atoms with Gasteiger partial charge in [-0.15, -0.1) is 0 Å². The van der Waals surface area contributed by atoms with E-state index in [-0.39, 0.29) is 5.56 Å². The topological polar surface area (TPSA) is 79.8 Å². The van der Waals surface area contributed by atoms with E-state index in [0.29, 0.717) is 22.4 Å². The van der Waals surface area contributed by atoms with Crippen molar-refractivity contribution in [2.75, 3.05) is 24.5 Å². The van der Waals surface area contributed by atoms with Crippen molar-refractivity contribution >= 4 is 26.9 Å². The van der Waals surface area contributed by atoms with Crippen LogP contribution in [0.5, 0.6) is 0 Å². The minimum atomic E-state index is -0.0907. The Morgan fingerprint density at radius 2 is 2.04 bits per heavy atom. The van der Waals surface area contributed by atoms with Gasteiger partial charge in [-0.05, 0) is 32.4 Å². The molecule has 5 heterocycles. The van der Waals surface area contributed by atoms with Crippen molar-refractivity contribution in [1.29, 1.82) is 0 Å². The molecule has 4 aromatic heterocycles. The molecule has 5 rings (SSSR count). The molecule has 0 bridgehead atoms. The first-order chi connectivity index (χ1) is 13.5. The van der Waals surface area contributed by atoms with Gasteiger partial charge in [-0.25, -0.2) is 14.5 Å². The quantitative estimate of drug-likeness (QED) is 0.558. The van der Waals surface area contributed by atoms with Crippen molar-refractivity contribution in [3.8, 4) is 11.4 Å². The lowest BCUT2D eigenvalue weighted by Gasteiger charge is -2.32. The Hall–Kier alpha value is -2.78. The lowest BCUT2D eigenvalue weighted by atomic mass is 10.2. The number of hydrogen-bond acceptors (Lipinski definition) is 7. The summed E-state index contributed by atoms with van der Waals surface area (Å²) < 4.78 is 3.38. The maximum Gasteiger partial charge on any atom is 0.259 e. The Balaban J connectivity index is 1.60. The highest BCUT2D eigenvalue weighted by Gasteiger charge is 2.19. The van der Waals surface area contributed by atoms with Crippen LogP contribution in [0.25, 0.3) is 22.0 Å².